The van der Waals surface area contributed by atoms with Crippen LogP contribution >= 0.6 is 15.9 Å². The summed E-state index contributed by atoms with van der Waals surface area (Å²) < 4.78 is 18.4. The summed E-state index contributed by atoms with van der Waals surface area (Å²) in [5.74, 6) is -0.190. The zero-order valence-electron chi connectivity index (χ0n) is 10.3. The fourth-order valence-corrected chi connectivity index (χ4v) is 3.01. The van der Waals surface area contributed by atoms with Crippen LogP contribution in [0.1, 0.15) is 27.3 Å². The van der Waals surface area contributed by atoms with Crippen LogP contribution in [0.4, 0.5) is 10.3 Å². The van der Waals surface area contributed by atoms with E-state index in [1.54, 1.807) is 19.9 Å². The first-order chi connectivity index (χ1) is 8.90. The van der Waals surface area contributed by atoms with Gasteiger partial charge in [0.1, 0.15) is 16.5 Å². The average molecular weight is 328 g/mol. The number of nitro groups is 1. The van der Waals surface area contributed by atoms with Crippen molar-refractivity contribution in [2.75, 3.05) is 0 Å². The molecular formula is C13H11BrFNO3. The Morgan fingerprint density at radius 2 is 1.89 bits per heavy atom. The maximum Gasteiger partial charge on any atom is 0.433 e. The molecule has 0 N–H and O–H groups in total. The van der Waals surface area contributed by atoms with Crippen LogP contribution in [-0.2, 0) is 0 Å². The first-order valence-corrected chi connectivity index (χ1v) is 6.46. The second-order valence-electron chi connectivity index (χ2n) is 4.25. The quantitative estimate of drug-likeness (QED) is 0.476. The number of nitrogens with zero attached hydrogens (tertiary/aromatic N) is 1. The lowest BCUT2D eigenvalue weighted by molar-refractivity contribution is -0.402. The van der Waals surface area contributed by atoms with E-state index in [2.05, 4.69) is 15.9 Å². The van der Waals surface area contributed by atoms with Gasteiger partial charge in [-0.25, -0.2) is 4.39 Å². The molecule has 0 aliphatic carbocycles. The SMILES string of the molecule is Cc1cc(F)cc(C)c1C(Br)c1ccc([N+](=O)[O-])o1. The fraction of sp³-hybridized carbons (Fsp3) is 0.231. The summed E-state index contributed by atoms with van der Waals surface area (Å²) in [4.78, 5) is 9.66. The van der Waals surface area contributed by atoms with Crippen LogP contribution in [0.5, 0.6) is 0 Å². The topological polar surface area (TPSA) is 56.3 Å². The third kappa shape index (κ3) is 2.68. The maximum atomic E-state index is 13.3. The number of hydrogen-bond donors (Lipinski definition) is 0. The second-order valence-corrected chi connectivity index (χ2v) is 5.16. The third-order valence-electron chi connectivity index (χ3n) is 2.85. The molecule has 4 nitrogen and oxygen atoms in total. The molecule has 1 aromatic carbocycles. The van der Waals surface area contributed by atoms with Gasteiger partial charge in [0.05, 0.1) is 10.9 Å². The molecule has 1 unspecified atom stereocenters. The molecule has 0 bridgehead atoms. The Hall–Kier alpha value is -1.69. The molecule has 19 heavy (non-hydrogen) atoms. The molecule has 0 aliphatic rings. The van der Waals surface area contributed by atoms with Gasteiger partial charge in [0.15, 0.2) is 0 Å². The van der Waals surface area contributed by atoms with Gasteiger partial charge < -0.3 is 4.42 Å². The highest BCUT2D eigenvalue weighted by molar-refractivity contribution is 9.09. The first-order valence-electron chi connectivity index (χ1n) is 5.55. The molecule has 0 saturated carbocycles. The summed E-state index contributed by atoms with van der Waals surface area (Å²) in [7, 11) is 0. The van der Waals surface area contributed by atoms with Gasteiger partial charge in [-0.2, -0.15) is 0 Å². The summed E-state index contributed by atoms with van der Waals surface area (Å²) in [5, 5.41) is 10.6. The molecule has 0 saturated heterocycles. The molecule has 2 rings (SSSR count). The van der Waals surface area contributed by atoms with E-state index in [1.165, 1.54) is 18.2 Å². The summed E-state index contributed by atoms with van der Waals surface area (Å²) in [6.45, 7) is 3.58. The highest BCUT2D eigenvalue weighted by Gasteiger charge is 2.22. The van der Waals surface area contributed by atoms with Crippen molar-refractivity contribution >= 4 is 21.8 Å². The minimum absolute atomic E-state index is 0.302. The van der Waals surface area contributed by atoms with Crippen LogP contribution in [0.2, 0.25) is 0 Å². The number of alkyl halides is 1. The summed E-state index contributed by atoms with van der Waals surface area (Å²) in [6, 6.07) is 5.69. The molecule has 1 heterocycles. The van der Waals surface area contributed by atoms with Crippen LogP contribution < -0.4 is 0 Å². The molecule has 2 aromatic rings. The molecule has 6 heteroatoms. The average Bonchev–Trinajstić information content (AvgIpc) is 2.76. The molecule has 1 atom stereocenters. The van der Waals surface area contributed by atoms with Crippen LogP contribution in [-0.4, -0.2) is 4.92 Å². The van der Waals surface area contributed by atoms with Crippen molar-refractivity contribution in [3.05, 3.63) is 62.6 Å². The van der Waals surface area contributed by atoms with E-state index in [1.807, 2.05) is 0 Å². The van der Waals surface area contributed by atoms with Gasteiger partial charge in [0, 0.05) is 0 Å². The van der Waals surface area contributed by atoms with Crippen molar-refractivity contribution in [2.24, 2.45) is 0 Å². The Labute approximate surface area is 117 Å². The molecule has 0 radical (unpaired) electrons. The van der Waals surface area contributed by atoms with Gasteiger partial charge in [-0.05, 0) is 48.7 Å². The van der Waals surface area contributed by atoms with Gasteiger partial charge in [0.2, 0.25) is 0 Å². The molecule has 1 aromatic heterocycles. The van der Waals surface area contributed by atoms with Crippen LogP contribution in [0.25, 0.3) is 0 Å². The van der Waals surface area contributed by atoms with Gasteiger partial charge in [-0.15, -0.1) is 0 Å². The standard InChI is InChI=1S/C13H11BrFNO3/c1-7-5-9(15)6-8(2)12(7)13(14)10-3-4-11(19-10)16(17)18/h3-6,13H,1-2H3. The lowest BCUT2D eigenvalue weighted by Gasteiger charge is -2.14. The normalized spacial score (nSPS) is 12.4. The van der Waals surface area contributed by atoms with E-state index in [0.29, 0.717) is 5.76 Å². The second kappa shape index (κ2) is 5.13. The lowest BCUT2D eigenvalue weighted by atomic mass is 9.98. The van der Waals surface area contributed by atoms with E-state index in [0.717, 1.165) is 16.7 Å². The van der Waals surface area contributed by atoms with E-state index < -0.39 is 4.92 Å². The maximum absolute atomic E-state index is 13.3. The van der Waals surface area contributed by atoms with Crippen molar-refractivity contribution in [1.82, 2.24) is 0 Å². The Balaban J connectivity index is 2.43. The van der Waals surface area contributed by atoms with Crippen LogP contribution in [0.3, 0.4) is 0 Å². The number of halogens is 2. The van der Waals surface area contributed by atoms with Crippen molar-refractivity contribution < 1.29 is 13.7 Å². The summed E-state index contributed by atoms with van der Waals surface area (Å²) in [5.41, 5.74) is 2.38. The van der Waals surface area contributed by atoms with Crippen molar-refractivity contribution in [3.63, 3.8) is 0 Å². The Bertz CT molecular complexity index is 616. The smallest absolute Gasteiger partial charge is 0.404 e. The van der Waals surface area contributed by atoms with E-state index in [9.17, 15) is 14.5 Å². The first kappa shape index (κ1) is 13.7. The molecule has 0 fully saturated rings. The number of aryl methyl sites for hydroxylation is 2. The predicted octanol–water partition coefficient (Wildman–Crippen LogP) is 4.43. The Kier molecular flexibility index (Phi) is 3.71. The van der Waals surface area contributed by atoms with Crippen LogP contribution in [0, 0.1) is 29.8 Å². The molecule has 0 spiro atoms. The van der Waals surface area contributed by atoms with Gasteiger partial charge in [0.25, 0.3) is 0 Å². The van der Waals surface area contributed by atoms with E-state index in [-0.39, 0.29) is 16.5 Å². The number of benzene rings is 1. The zero-order valence-corrected chi connectivity index (χ0v) is 11.9. The third-order valence-corrected chi connectivity index (χ3v) is 3.76. The van der Waals surface area contributed by atoms with Gasteiger partial charge in [-0.3, -0.25) is 10.1 Å². The summed E-state index contributed by atoms with van der Waals surface area (Å²) in [6.07, 6.45) is 0. The fourth-order valence-electron chi connectivity index (χ4n) is 2.04. The van der Waals surface area contributed by atoms with Crippen LogP contribution in [0.15, 0.2) is 28.7 Å². The van der Waals surface area contributed by atoms with Gasteiger partial charge >= 0.3 is 5.88 Å². The lowest BCUT2D eigenvalue weighted by Crippen LogP contribution is -1.99. The number of rotatable bonds is 3. The highest BCUT2D eigenvalue weighted by atomic mass is 79.9. The molecular weight excluding hydrogens is 317 g/mol. The number of furan rings is 1. The van der Waals surface area contributed by atoms with E-state index >= 15 is 0 Å². The van der Waals surface area contributed by atoms with Crippen molar-refractivity contribution in [2.45, 2.75) is 18.7 Å². The van der Waals surface area contributed by atoms with E-state index in [4.69, 9.17) is 4.42 Å². The predicted molar refractivity (Wildman–Crippen MR) is 72.0 cm³/mol. The molecule has 0 amide bonds. The minimum atomic E-state index is -0.590. The number of hydrogen-bond acceptors (Lipinski definition) is 3. The highest BCUT2D eigenvalue weighted by Crippen LogP contribution is 2.37. The molecule has 100 valence electrons. The monoisotopic (exact) mass is 327 g/mol. The van der Waals surface area contributed by atoms with Crippen molar-refractivity contribution in [1.29, 1.82) is 0 Å². The largest absolute Gasteiger partial charge is 0.433 e. The summed E-state index contributed by atoms with van der Waals surface area (Å²) >= 11 is 3.44. The molecule has 0 aliphatic heterocycles. The Morgan fingerprint density at radius 1 is 1.32 bits per heavy atom. The zero-order chi connectivity index (χ0) is 14.2. The van der Waals surface area contributed by atoms with Gasteiger partial charge in [-0.1, -0.05) is 15.9 Å². The Morgan fingerprint density at radius 3 is 2.37 bits per heavy atom. The minimum Gasteiger partial charge on any atom is -0.404 e. The van der Waals surface area contributed by atoms with Crippen molar-refractivity contribution in [3.8, 4) is 0 Å².